The van der Waals surface area contributed by atoms with Crippen molar-refractivity contribution in [2.45, 2.75) is 19.8 Å². The molecule has 1 unspecified atom stereocenters. The van der Waals surface area contributed by atoms with Gasteiger partial charge in [-0.15, -0.1) is 0 Å². The molecule has 0 bridgehead atoms. The van der Waals surface area contributed by atoms with E-state index in [9.17, 15) is 9.59 Å². The number of ether oxygens (including phenoxy) is 1. The number of nitrogens with zero attached hydrogens (tertiary/aromatic N) is 2. The van der Waals surface area contributed by atoms with E-state index in [0.717, 1.165) is 38.2 Å². The Hall–Kier alpha value is -2.35. The van der Waals surface area contributed by atoms with Crippen LogP contribution in [0.1, 0.15) is 30.1 Å². The summed E-state index contributed by atoms with van der Waals surface area (Å²) in [6.07, 6.45) is 3.52. The first-order valence-electron chi connectivity index (χ1n) is 10.6. The topological polar surface area (TPSA) is 83.6 Å². The molecule has 1 aromatic heterocycles. The number of aromatic nitrogens is 1. The Morgan fingerprint density at radius 1 is 1.19 bits per heavy atom. The number of pyridine rings is 1. The third-order valence-corrected chi connectivity index (χ3v) is 6.08. The van der Waals surface area contributed by atoms with Crippen molar-refractivity contribution in [2.24, 2.45) is 11.8 Å². The van der Waals surface area contributed by atoms with Crippen LogP contribution in [0.4, 0.5) is 11.5 Å². The number of esters is 1. The minimum atomic E-state index is -0.295. The maximum Gasteiger partial charge on any atom is 0.309 e. The zero-order valence-electron chi connectivity index (χ0n) is 18.2. The van der Waals surface area contributed by atoms with E-state index in [1.54, 1.807) is 24.3 Å². The number of carbonyl (C=O) groups is 2. The molecule has 3 rings (SSSR count). The van der Waals surface area contributed by atoms with Crippen LogP contribution in [0, 0.1) is 11.8 Å². The standard InChI is InChI=1S/C23H28Cl2N4O3/c1-15(23(31)32-2)14-29-9-7-16(8-10-29)12-26-20-5-3-17(24)11-19(20)22(30)28-21-6-4-18(25)13-27-21/h3-6,11,13,15-16,26H,7-10,12,14H2,1-2H3,(H,27,28,30). The van der Waals surface area contributed by atoms with Gasteiger partial charge in [0.15, 0.2) is 0 Å². The predicted molar refractivity (Wildman–Crippen MR) is 127 cm³/mol. The maximum atomic E-state index is 12.8. The number of rotatable bonds is 8. The van der Waals surface area contributed by atoms with Gasteiger partial charge < -0.3 is 20.3 Å². The van der Waals surface area contributed by atoms with Gasteiger partial charge in [0.1, 0.15) is 5.82 Å². The van der Waals surface area contributed by atoms with Gasteiger partial charge in [-0.2, -0.15) is 0 Å². The number of hydrogen-bond acceptors (Lipinski definition) is 6. The van der Waals surface area contributed by atoms with Gasteiger partial charge in [0.25, 0.3) is 5.91 Å². The Labute approximate surface area is 198 Å². The lowest BCUT2D eigenvalue weighted by Crippen LogP contribution is -2.39. The van der Waals surface area contributed by atoms with Gasteiger partial charge in [-0.25, -0.2) is 4.98 Å². The van der Waals surface area contributed by atoms with Crippen molar-refractivity contribution in [2.75, 3.05) is 43.9 Å². The van der Waals surface area contributed by atoms with Crippen LogP contribution >= 0.6 is 23.2 Å². The van der Waals surface area contributed by atoms with Crippen molar-refractivity contribution in [1.29, 1.82) is 0 Å². The maximum absolute atomic E-state index is 12.8. The fraction of sp³-hybridized carbons (Fsp3) is 0.435. The van der Waals surface area contributed by atoms with Crippen molar-refractivity contribution < 1.29 is 14.3 Å². The van der Waals surface area contributed by atoms with Crippen LogP contribution in [0.15, 0.2) is 36.5 Å². The number of carbonyl (C=O) groups excluding carboxylic acids is 2. The van der Waals surface area contributed by atoms with Crippen LogP contribution in [0.3, 0.4) is 0 Å². The molecule has 2 aromatic rings. The van der Waals surface area contributed by atoms with Crippen molar-refractivity contribution in [3.8, 4) is 0 Å². The second-order valence-corrected chi connectivity index (χ2v) is 8.93. The largest absolute Gasteiger partial charge is 0.469 e. The Bertz CT molecular complexity index is 931. The molecule has 1 aromatic carbocycles. The number of likely N-dealkylation sites (tertiary alicyclic amines) is 1. The lowest BCUT2D eigenvalue weighted by Gasteiger charge is -2.33. The van der Waals surface area contributed by atoms with Crippen LogP contribution in [-0.4, -0.2) is 55.0 Å². The second-order valence-electron chi connectivity index (χ2n) is 8.05. The number of methoxy groups -OCH3 is 1. The highest BCUT2D eigenvalue weighted by atomic mass is 35.5. The van der Waals surface area contributed by atoms with E-state index < -0.39 is 0 Å². The lowest BCUT2D eigenvalue weighted by molar-refractivity contribution is -0.145. The van der Waals surface area contributed by atoms with Gasteiger partial charge >= 0.3 is 5.97 Å². The molecule has 1 aliphatic heterocycles. The van der Waals surface area contributed by atoms with E-state index in [0.29, 0.717) is 33.9 Å². The molecule has 0 radical (unpaired) electrons. The molecule has 1 atom stereocenters. The molecule has 0 aliphatic carbocycles. The van der Waals surface area contributed by atoms with E-state index in [1.807, 2.05) is 13.0 Å². The van der Waals surface area contributed by atoms with Crippen molar-refractivity contribution >= 4 is 46.6 Å². The first kappa shape index (κ1) is 24.3. The quantitative estimate of drug-likeness (QED) is 0.540. The number of amides is 1. The van der Waals surface area contributed by atoms with Gasteiger partial charge in [0.2, 0.25) is 0 Å². The fourth-order valence-electron chi connectivity index (χ4n) is 3.78. The summed E-state index contributed by atoms with van der Waals surface area (Å²) in [5.74, 6) is 0.301. The molecule has 32 heavy (non-hydrogen) atoms. The normalized spacial score (nSPS) is 15.8. The number of halogens is 2. The molecule has 7 nitrogen and oxygen atoms in total. The highest BCUT2D eigenvalue weighted by Crippen LogP contribution is 2.24. The van der Waals surface area contributed by atoms with Crippen LogP contribution in [0.25, 0.3) is 0 Å². The third-order valence-electron chi connectivity index (χ3n) is 5.62. The number of piperidine rings is 1. The Kier molecular flexibility index (Phi) is 8.73. The van der Waals surface area contributed by atoms with Crippen molar-refractivity contribution in [3.05, 3.63) is 52.1 Å². The Balaban J connectivity index is 1.55. The van der Waals surface area contributed by atoms with E-state index in [-0.39, 0.29) is 17.8 Å². The van der Waals surface area contributed by atoms with Gasteiger partial charge in [-0.3, -0.25) is 9.59 Å². The molecule has 2 N–H and O–H groups in total. The summed E-state index contributed by atoms with van der Waals surface area (Å²) in [5, 5.41) is 7.18. The number of nitrogens with one attached hydrogen (secondary N) is 2. The molecule has 9 heteroatoms. The lowest BCUT2D eigenvalue weighted by atomic mass is 9.95. The zero-order valence-corrected chi connectivity index (χ0v) is 19.7. The van der Waals surface area contributed by atoms with Gasteiger partial charge in [0.05, 0.1) is 23.6 Å². The SMILES string of the molecule is COC(=O)C(C)CN1CCC(CNc2ccc(Cl)cc2C(=O)Nc2ccc(Cl)cn2)CC1. The minimum Gasteiger partial charge on any atom is -0.469 e. The number of benzene rings is 1. The van der Waals surface area contributed by atoms with Crippen LogP contribution < -0.4 is 10.6 Å². The first-order chi connectivity index (χ1) is 15.4. The summed E-state index contributed by atoms with van der Waals surface area (Å²) in [6.45, 7) is 5.23. The smallest absolute Gasteiger partial charge is 0.309 e. The average molecular weight is 479 g/mol. The monoisotopic (exact) mass is 478 g/mol. The molecule has 1 amide bonds. The van der Waals surface area contributed by atoms with Crippen molar-refractivity contribution in [1.82, 2.24) is 9.88 Å². The average Bonchev–Trinajstić information content (AvgIpc) is 2.80. The molecular weight excluding hydrogens is 451 g/mol. The van der Waals surface area contributed by atoms with Crippen LogP contribution in [-0.2, 0) is 9.53 Å². The highest BCUT2D eigenvalue weighted by Gasteiger charge is 2.23. The van der Waals surface area contributed by atoms with Gasteiger partial charge in [0, 0.05) is 30.0 Å². The second kappa shape index (κ2) is 11.5. The molecule has 0 saturated carbocycles. The van der Waals surface area contributed by atoms with E-state index in [2.05, 4.69) is 20.5 Å². The van der Waals surface area contributed by atoms with E-state index in [4.69, 9.17) is 27.9 Å². The molecule has 1 saturated heterocycles. The summed E-state index contributed by atoms with van der Waals surface area (Å²) in [7, 11) is 1.42. The molecule has 1 fully saturated rings. The number of hydrogen-bond donors (Lipinski definition) is 2. The molecule has 0 spiro atoms. The number of anilines is 2. The first-order valence-corrected chi connectivity index (χ1v) is 11.4. The van der Waals surface area contributed by atoms with Crippen LogP contribution in [0.5, 0.6) is 0 Å². The molecular formula is C23H28Cl2N4O3. The Morgan fingerprint density at radius 2 is 1.91 bits per heavy atom. The molecule has 2 heterocycles. The van der Waals surface area contributed by atoms with E-state index >= 15 is 0 Å². The summed E-state index contributed by atoms with van der Waals surface area (Å²) in [5.41, 5.74) is 1.18. The molecule has 172 valence electrons. The van der Waals surface area contributed by atoms with E-state index in [1.165, 1.54) is 13.3 Å². The summed E-state index contributed by atoms with van der Waals surface area (Å²) in [6, 6.07) is 8.54. The highest BCUT2D eigenvalue weighted by molar-refractivity contribution is 6.31. The zero-order chi connectivity index (χ0) is 23.1. The summed E-state index contributed by atoms with van der Waals surface area (Å²) in [4.78, 5) is 30.9. The van der Waals surface area contributed by atoms with Gasteiger partial charge in [-0.05, 0) is 62.2 Å². The molecule has 1 aliphatic rings. The Morgan fingerprint density at radius 3 is 2.56 bits per heavy atom. The third kappa shape index (κ3) is 6.82. The fourth-order valence-corrected chi connectivity index (χ4v) is 4.07. The predicted octanol–water partition coefficient (Wildman–Crippen LogP) is 4.57. The summed E-state index contributed by atoms with van der Waals surface area (Å²) < 4.78 is 4.82. The van der Waals surface area contributed by atoms with Crippen LogP contribution in [0.2, 0.25) is 10.0 Å². The minimum absolute atomic E-state index is 0.125. The summed E-state index contributed by atoms with van der Waals surface area (Å²) >= 11 is 12.0. The van der Waals surface area contributed by atoms with Crippen molar-refractivity contribution in [3.63, 3.8) is 0 Å². The van der Waals surface area contributed by atoms with Gasteiger partial charge in [-0.1, -0.05) is 30.1 Å².